The first kappa shape index (κ1) is 19.8. The van der Waals surface area contributed by atoms with Crippen molar-refractivity contribution in [1.82, 2.24) is 9.97 Å². The van der Waals surface area contributed by atoms with Crippen molar-refractivity contribution in [2.45, 2.75) is 25.7 Å². The number of rotatable bonds is 3. The molecule has 0 radical (unpaired) electrons. The molecule has 33 heavy (non-hydrogen) atoms. The SMILES string of the molecule is O=C(Nc1ccc2c(c1)OCCO2)c1nc(N2CCCCCC2)c2oc3ccccc3c2n1. The Morgan fingerprint density at radius 1 is 0.909 bits per heavy atom. The predicted octanol–water partition coefficient (Wildman–Crippen LogP) is 4.78. The number of amides is 1. The van der Waals surface area contributed by atoms with E-state index in [1.807, 2.05) is 24.3 Å². The maximum Gasteiger partial charge on any atom is 0.293 e. The fraction of sp³-hybridized carbons (Fsp3) is 0.320. The summed E-state index contributed by atoms with van der Waals surface area (Å²) in [6.07, 6.45) is 4.57. The minimum Gasteiger partial charge on any atom is -0.486 e. The average molecular weight is 444 g/mol. The summed E-state index contributed by atoms with van der Waals surface area (Å²) < 4.78 is 17.4. The van der Waals surface area contributed by atoms with E-state index in [1.165, 1.54) is 12.8 Å². The van der Waals surface area contributed by atoms with Crippen molar-refractivity contribution in [1.29, 1.82) is 0 Å². The summed E-state index contributed by atoms with van der Waals surface area (Å²) in [5, 5.41) is 3.78. The minimum absolute atomic E-state index is 0.114. The number of benzene rings is 2. The molecule has 2 aromatic heterocycles. The van der Waals surface area contributed by atoms with Crippen LogP contribution in [0.25, 0.3) is 22.1 Å². The molecule has 6 rings (SSSR count). The molecule has 0 atom stereocenters. The number of anilines is 2. The lowest BCUT2D eigenvalue weighted by molar-refractivity contribution is 0.101. The second kappa shape index (κ2) is 8.27. The Balaban J connectivity index is 1.41. The van der Waals surface area contributed by atoms with Gasteiger partial charge in [-0.25, -0.2) is 9.97 Å². The number of para-hydroxylation sites is 1. The third-order valence-electron chi connectivity index (χ3n) is 6.11. The summed E-state index contributed by atoms with van der Waals surface area (Å²) in [6, 6.07) is 13.1. The minimum atomic E-state index is -0.380. The van der Waals surface area contributed by atoms with Crippen LogP contribution in [0.2, 0.25) is 0 Å². The van der Waals surface area contributed by atoms with Crippen molar-refractivity contribution in [3.05, 3.63) is 48.3 Å². The highest BCUT2D eigenvalue weighted by Crippen LogP contribution is 2.35. The highest BCUT2D eigenvalue weighted by molar-refractivity contribution is 6.09. The van der Waals surface area contributed by atoms with E-state index in [1.54, 1.807) is 18.2 Å². The third kappa shape index (κ3) is 3.71. The number of ether oxygens (including phenoxy) is 2. The van der Waals surface area contributed by atoms with Crippen LogP contribution in [0.5, 0.6) is 11.5 Å². The van der Waals surface area contributed by atoms with Crippen LogP contribution in [0.3, 0.4) is 0 Å². The van der Waals surface area contributed by atoms with Gasteiger partial charge < -0.3 is 24.1 Å². The number of carbonyl (C=O) groups is 1. The Morgan fingerprint density at radius 2 is 1.70 bits per heavy atom. The van der Waals surface area contributed by atoms with Gasteiger partial charge in [-0.05, 0) is 37.1 Å². The second-order valence-electron chi connectivity index (χ2n) is 8.36. The van der Waals surface area contributed by atoms with E-state index in [0.717, 1.165) is 36.9 Å². The van der Waals surface area contributed by atoms with Gasteiger partial charge in [0.1, 0.15) is 24.3 Å². The van der Waals surface area contributed by atoms with Crippen molar-refractivity contribution < 1.29 is 18.7 Å². The molecule has 1 amide bonds. The molecule has 0 bridgehead atoms. The lowest BCUT2D eigenvalue weighted by atomic mass is 10.2. The van der Waals surface area contributed by atoms with Crippen molar-refractivity contribution in [3.8, 4) is 11.5 Å². The molecule has 0 saturated carbocycles. The molecule has 1 saturated heterocycles. The van der Waals surface area contributed by atoms with Crippen LogP contribution in [0.15, 0.2) is 46.9 Å². The van der Waals surface area contributed by atoms with E-state index >= 15 is 0 Å². The third-order valence-corrected chi connectivity index (χ3v) is 6.11. The largest absolute Gasteiger partial charge is 0.486 e. The summed E-state index contributed by atoms with van der Waals surface area (Å²) in [5.41, 5.74) is 2.63. The molecule has 1 fully saturated rings. The van der Waals surface area contributed by atoms with Crippen LogP contribution in [-0.2, 0) is 0 Å². The van der Waals surface area contributed by atoms with Crippen LogP contribution < -0.4 is 19.7 Å². The number of carbonyl (C=O) groups excluding carboxylic acids is 1. The van der Waals surface area contributed by atoms with Gasteiger partial charge in [-0.15, -0.1) is 0 Å². The number of nitrogens with zero attached hydrogens (tertiary/aromatic N) is 3. The van der Waals surface area contributed by atoms with Gasteiger partial charge in [0, 0.05) is 30.2 Å². The quantitative estimate of drug-likeness (QED) is 0.486. The fourth-order valence-corrected chi connectivity index (χ4v) is 4.48. The van der Waals surface area contributed by atoms with E-state index < -0.39 is 0 Å². The number of hydrogen-bond donors (Lipinski definition) is 1. The number of furan rings is 1. The van der Waals surface area contributed by atoms with Gasteiger partial charge >= 0.3 is 0 Å². The summed E-state index contributed by atoms with van der Waals surface area (Å²) in [5.74, 6) is 1.70. The molecular weight excluding hydrogens is 420 g/mol. The zero-order valence-electron chi connectivity index (χ0n) is 18.2. The Bertz CT molecular complexity index is 1340. The van der Waals surface area contributed by atoms with Crippen LogP contribution in [0, 0.1) is 0 Å². The molecule has 168 valence electrons. The molecule has 8 nitrogen and oxygen atoms in total. The maximum atomic E-state index is 13.2. The Kier molecular flexibility index (Phi) is 4.97. The van der Waals surface area contributed by atoms with Gasteiger partial charge in [0.2, 0.25) is 5.82 Å². The zero-order chi connectivity index (χ0) is 22.2. The molecular formula is C25H24N4O4. The highest BCUT2D eigenvalue weighted by atomic mass is 16.6. The second-order valence-corrected chi connectivity index (χ2v) is 8.36. The molecule has 1 N–H and O–H groups in total. The molecule has 2 aliphatic heterocycles. The molecule has 2 aliphatic rings. The fourth-order valence-electron chi connectivity index (χ4n) is 4.48. The number of aromatic nitrogens is 2. The zero-order valence-corrected chi connectivity index (χ0v) is 18.2. The van der Waals surface area contributed by atoms with Gasteiger partial charge in [0.25, 0.3) is 5.91 Å². The topological polar surface area (TPSA) is 89.7 Å². The molecule has 4 heterocycles. The average Bonchev–Trinajstić information content (AvgIpc) is 3.01. The number of nitrogens with one attached hydrogen (secondary N) is 1. The molecule has 2 aromatic carbocycles. The number of hydrogen-bond acceptors (Lipinski definition) is 7. The van der Waals surface area contributed by atoms with E-state index in [9.17, 15) is 4.79 Å². The monoisotopic (exact) mass is 444 g/mol. The van der Waals surface area contributed by atoms with Gasteiger partial charge in [-0.2, -0.15) is 0 Å². The van der Waals surface area contributed by atoms with Crippen molar-refractivity contribution in [2.75, 3.05) is 36.5 Å². The van der Waals surface area contributed by atoms with Crippen LogP contribution in [0.4, 0.5) is 11.5 Å². The van der Waals surface area contributed by atoms with E-state index in [0.29, 0.717) is 47.3 Å². The molecule has 8 heteroatoms. The first-order valence-electron chi connectivity index (χ1n) is 11.4. The van der Waals surface area contributed by atoms with Crippen LogP contribution in [0.1, 0.15) is 36.3 Å². The normalized spacial score (nSPS) is 16.1. The van der Waals surface area contributed by atoms with Gasteiger partial charge in [0.05, 0.1) is 0 Å². The predicted molar refractivity (Wildman–Crippen MR) is 125 cm³/mol. The van der Waals surface area contributed by atoms with Crippen molar-refractivity contribution in [3.63, 3.8) is 0 Å². The summed E-state index contributed by atoms with van der Waals surface area (Å²) in [7, 11) is 0. The van der Waals surface area contributed by atoms with Crippen molar-refractivity contribution in [2.24, 2.45) is 0 Å². The van der Waals surface area contributed by atoms with E-state index in [4.69, 9.17) is 18.9 Å². The Labute approximate surface area is 190 Å². The summed E-state index contributed by atoms with van der Waals surface area (Å²) in [4.78, 5) is 24.8. The Morgan fingerprint density at radius 3 is 2.55 bits per heavy atom. The smallest absolute Gasteiger partial charge is 0.293 e. The first-order valence-corrected chi connectivity index (χ1v) is 11.4. The molecule has 0 unspecified atom stereocenters. The molecule has 0 spiro atoms. The van der Waals surface area contributed by atoms with Gasteiger partial charge in [-0.1, -0.05) is 25.0 Å². The van der Waals surface area contributed by atoms with E-state index in [-0.39, 0.29) is 11.7 Å². The first-order chi connectivity index (χ1) is 16.3. The highest BCUT2D eigenvalue weighted by Gasteiger charge is 2.24. The summed E-state index contributed by atoms with van der Waals surface area (Å²) >= 11 is 0. The van der Waals surface area contributed by atoms with Crippen LogP contribution in [-0.4, -0.2) is 42.2 Å². The Hall–Kier alpha value is -3.81. The van der Waals surface area contributed by atoms with Gasteiger partial charge in [-0.3, -0.25) is 4.79 Å². The van der Waals surface area contributed by atoms with Gasteiger partial charge in [0.15, 0.2) is 22.9 Å². The lowest BCUT2D eigenvalue weighted by Crippen LogP contribution is -2.26. The lowest BCUT2D eigenvalue weighted by Gasteiger charge is -2.21. The van der Waals surface area contributed by atoms with E-state index in [2.05, 4.69) is 15.2 Å². The molecule has 4 aromatic rings. The maximum absolute atomic E-state index is 13.2. The number of fused-ring (bicyclic) bond motifs is 4. The van der Waals surface area contributed by atoms with Crippen molar-refractivity contribution >= 4 is 39.5 Å². The van der Waals surface area contributed by atoms with Crippen LogP contribution >= 0.6 is 0 Å². The standard InChI is InChI=1S/C25H24N4O4/c30-25(26-16-9-10-19-20(15-16)32-14-13-31-19)23-27-21-17-7-3-4-8-18(17)33-22(21)24(28-23)29-11-5-1-2-6-12-29/h3-4,7-10,15H,1-2,5-6,11-14H2,(H,26,30). The summed E-state index contributed by atoms with van der Waals surface area (Å²) in [6.45, 7) is 2.76. The molecule has 0 aliphatic carbocycles.